The van der Waals surface area contributed by atoms with Crippen LogP contribution in [0.25, 0.3) is 0 Å². The van der Waals surface area contributed by atoms with Crippen LogP contribution >= 0.6 is 0 Å². The number of hydrogen-bond donors (Lipinski definition) is 1. The molecule has 0 atom stereocenters. The fraction of sp³-hybridized carbons (Fsp3) is 0.619. The molecule has 6 heteroatoms. The largest absolute Gasteiger partial charge is 0.444 e. The molecule has 1 aromatic rings. The molecule has 27 heavy (non-hydrogen) atoms. The van der Waals surface area contributed by atoms with Crippen molar-refractivity contribution in [2.24, 2.45) is 0 Å². The molecule has 0 radical (unpaired) electrons. The van der Waals surface area contributed by atoms with Crippen molar-refractivity contribution in [3.8, 4) is 0 Å². The summed E-state index contributed by atoms with van der Waals surface area (Å²) in [5.41, 5.74) is -0.249. The van der Waals surface area contributed by atoms with Gasteiger partial charge in [0.1, 0.15) is 11.1 Å². The van der Waals surface area contributed by atoms with E-state index in [1.54, 1.807) is 34.6 Å². The van der Waals surface area contributed by atoms with Crippen LogP contribution in [0.15, 0.2) is 30.3 Å². The minimum absolute atomic E-state index is 0.0731. The maximum Gasteiger partial charge on any atom is 0.408 e. The third kappa shape index (κ3) is 6.86. The zero-order valence-corrected chi connectivity index (χ0v) is 17.2. The number of nitrogens with zero attached hydrogens (tertiary/aromatic N) is 2. The number of amides is 2. The summed E-state index contributed by atoms with van der Waals surface area (Å²) in [5.74, 6) is -0.0731. The summed E-state index contributed by atoms with van der Waals surface area (Å²) in [6, 6.07) is 10.4. The number of benzene rings is 1. The Hall–Kier alpha value is -2.08. The number of carbonyl (C=O) groups is 2. The molecular formula is C21H33N3O3. The minimum Gasteiger partial charge on any atom is -0.444 e. The van der Waals surface area contributed by atoms with E-state index in [-0.39, 0.29) is 5.91 Å². The van der Waals surface area contributed by atoms with Crippen LogP contribution in [0.2, 0.25) is 0 Å². The quantitative estimate of drug-likeness (QED) is 0.860. The lowest BCUT2D eigenvalue weighted by atomic mass is 10.0. The predicted octanol–water partition coefficient (Wildman–Crippen LogP) is 2.68. The molecule has 0 aliphatic carbocycles. The lowest BCUT2D eigenvalue weighted by molar-refractivity contribution is -0.138. The molecule has 2 amide bonds. The van der Waals surface area contributed by atoms with Crippen LogP contribution in [0.5, 0.6) is 0 Å². The van der Waals surface area contributed by atoms with Crippen molar-refractivity contribution in [2.75, 3.05) is 32.7 Å². The topological polar surface area (TPSA) is 61.9 Å². The standard InChI is InChI=1S/C21H33N3O3/c1-20(2,3)27-19(26)22-21(4,5)18(25)24-15-13-23(14-16-24)12-11-17-9-7-6-8-10-17/h6-10H,11-16H2,1-5H3,(H,22,26). The molecule has 0 spiro atoms. The summed E-state index contributed by atoms with van der Waals surface area (Å²) in [6.07, 6.45) is 0.447. The number of carbonyl (C=O) groups excluding carboxylic acids is 2. The minimum atomic E-state index is -0.992. The summed E-state index contributed by atoms with van der Waals surface area (Å²) in [5, 5.41) is 2.70. The summed E-state index contributed by atoms with van der Waals surface area (Å²) in [6.45, 7) is 12.9. The molecule has 1 aliphatic heterocycles. The molecule has 150 valence electrons. The van der Waals surface area contributed by atoms with Crippen molar-refractivity contribution in [2.45, 2.75) is 52.2 Å². The van der Waals surface area contributed by atoms with Gasteiger partial charge in [-0.15, -0.1) is 0 Å². The fourth-order valence-corrected chi connectivity index (χ4v) is 3.11. The molecule has 1 aromatic carbocycles. The van der Waals surface area contributed by atoms with E-state index in [1.165, 1.54) is 5.56 Å². The molecule has 0 bridgehead atoms. The molecule has 1 fully saturated rings. The molecule has 2 rings (SSSR count). The third-order valence-corrected chi connectivity index (χ3v) is 4.57. The first kappa shape index (κ1) is 21.2. The highest BCUT2D eigenvalue weighted by Gasteiger charge is 2.36. The molecule has 0 unspecified atom stereocenters. The Morgan fingerprint density at radius 2 is 1.59 bits per heavy atom. The van der Waals surface area contributed by atoms with Gasteiger partial charge in [-0.25, -0.2) is 4.79 Å². The van der Waals surface area contributed by atoms with E-state index in [0.29, 0.717) is 13.1 Å². The van der Waals surface area contributed by atoms with E-state index in [9.17, 15) is 9.59 Å². The summed E-state index contributed by atoms with van der Waals surface area (Å²) < 4.78 is 5.27. The van der Waals surface area contributed by atoms with E-state index in [4.69, 9.17) is 4.74 Å². The first-order valence-corrected chi connectivity index (χ1v) is 9.64. The van der Waals surface area contributed by atoms with Crippen molar-refractivity contribution < 1.29 is 14.3 Å². The first-order valence-electron chi connectivity index (χ1n) is 9.64. The van der Waals surface area contributed by atoms with Crippen LogP contribution in [0, 0.1) is 0 Å². The number of hydrogen-bond acceptors (Lipinski definition) is 4. The second kappa shape index (κ2) is 8.74. The molecule has 1 heterocycles. The Bertz CT molecular complexity index is 630. The molecular weight excluding hydrogens is 342 g/mol. The van der Waals surface area contributed by atoms with Crippen LogP contribution in [0.4, 0.5) is 4.79 Å². The highest BCUT2D eigenvalue weighted by molar-refractivity contribution is 5.89. The van der Waals surface area contributed by atoms with Gasteiger partial charge in [0, 0.05) is 32.7 Å². The number of ether oxygens (including phenoxy) is 1. The highest BCUT2D eigenvalue weighted by Crippen LogP contribution is 2.14. The second-order valence-electron chi connectivity index (χ2n) is 8.62. The Balaban J connectivity index is 1.80. The monoisotopic (exact) mass is 375 g/mol. The van der Waals surface area contributed by atoms with Crippen molar-refractivity contribution >= 4 is 12.0 Å². The zero-order chi connectivity index (χ0) is 20.1. The van der Waals surface area contributed by atoms with E-state index in [2.05, 4.69) is 34.5 Å². The third-order valence-electron chi connectivity index (χ3n) is 4.57. The number of nitrogens with one attached hydrogen (secondary N) is 1. The maximum absolute atomic E-state index is 12.8. The number of alkyl carbamates (subject to hydrolysis) is 1. The molecule has 1 saturated heterocycles. The van der Waals surface area contributed by atoms with Crippen LogP contribution in [-0.4, -0.2) is 65.7 Å². The van der Waals surface area contributed by atoms with Crippen molar-refractivity contribution in [1.82, 2.24) is 15.1 Å². The van der Waals surface area contributed by atoms with Gasteiger partial charge in [0.15, 0.2) is 0 Å². The van der Waals surface area contributed by atoms with Crippen molar-refractivity contribution in [3.63, 3.8) is 0 Å². The fourth-order valence-electron chi connectivity index (χ4n) is 3.11. The maximum atomic E-state index is 12.8. The molecule has 0 saturated carbocycles. The molecule has 0 aromatic heterocycles. The predicted molar refractivity (Wildman–Crippen MR) is 107 cm³/mol. The summed E-state index contributed by atoms with van der Waals surface area (Å²) >= 11 is 0. The second-order valence-corrected chi connectivity index (χ2v) is 8.62. The summed E-state index contributed by atoms with van der Waals surface area (Å²) in [7, 11) is 0. The van der Waals surface area contributed by atoms with Gasteiger partial charge in [0.2, 0.25) is 5.91 Å². The smallest absolute Gasteiger partial charge is 0.408 e. The Labute approximate surface area is 162 Å². The average molecular weight is 376 g/mol. The normalized spacial score (nSPS) is 16.1. The van der Waals surface area contributed by atoms with Crippen LogP contribution < -0.4 is 5.32 Å². The van der Waals surface area contributed by atoms with Gasteiger partial charge in [-0.3, -0.25) is 9.69 Å². The van der Waals surface area contributed by atoms with Crippen LogP contribution in [0.1, 0.15) is 40.2 Å². The van der Waals surface area contributed by atoms with E-state index in [0.717, 1.165) is 26.1 Å². The van der Waals surface area contributed by atoms with Crippen molar-refractivity contribution in [3.05, 3.63) is 35.9 Å². The highest BCUT2D eigenvalue weighted by atomic mass is 16.6. The average Bonchev–Trinajstić information content (AvgIpc) is 2.58. The van der Waals surface area contributed by atoms with Gasteiger partial charge < -0.3 is 15.0 Å². The summed E-state index contributed by atoms with van der Waals surface area (Å²) in [4.78, 5) is 29.1. The van der Waals surface area contributed by atoms with Gasteiger partial charge in [-0.1, -0.05) is 30.3 Å². The van der Waals surface area contributed by atoms with Gasteiger partial charge >= 0.3 is 6.09 Å². The number of piperazine rings is 1. The molecule has 1 aliphatic rings. The van der Waals surface area contributed by atoms with Crippen molar-refractivity contribution in [1.29, 1.82) is 0 Å². The lowest BCUT2D eigenvalue weighted by Crippen LogP contribution is -2.60. The lowest BCUT2D eigenvalue weighted by Gasteiger charge is -2.39. The Morgan fingerprint density at radius 1 is 1.00 bits per heavy atom. The van der Waals surface area contributed by atoms with Crippen LogP contribution in [-0.2, 0) is 16.0 Å². The van der Waals surface area contributed by atoms with Crippen LogP contribution in [0.3, 0.4) is 0 Å². The van der Waals surface area contributed by atoms with Gasteiger partial charge in [0.05, 0.1) is 0 Å². The Kier molecular flexibility index (Phi) is 6.87. The first-order chi connectivity index (χ1) is 12.6. The van der Waals surface area contributed by atoms with Gasteiger partial charge in [-0.2, -0.15) is 0 Å². The molecule has 1 N–H and O–H groups in total. The molecule has 6 nitrogen and oxygen atoms in total. The SMILES string of the molecule is CC(C)(C)OC(=O)NC(C)(C)C(=O)N1CCN(CCc2ccccc2)CC1. The van der Waals surface area contributed by atoms with E-state index in [1.807, 2.05) is 11.0 Å². The zero-order valence-electron chi connectivity index (χ0n) is 17.2. The Morgan fingerprint density at radius 3 is 2.15 bits per heavy atom. The van der Waals surface area contributed by atoms with Gasteiger partial charge in [-0.05, 0) is 46.6 Å². The number of rotatable bonds is 5. The van der Waals surface area contributed by atoms with Gasteiger partial charge in [0.25, 0.3) is 0 Å². The van der Waals surface area contributed by atoms with E-state index >= 15 is 0 Å². The van der Waals surface area contributed by atoms with E-state index < -0.39 is 17.2 Å².